The number of nitrogens with two attached hydrogens (primary N) is 1. The van der Waals surface area contributed by atoms with E-state index in [0.717, 1.165) is 0 Å². The van der Waals surface area contributed by atoms with Crippen LogP contribution in [0.2, 0.25) is 5.02 Å². The second-order valence-corrected chi connectivity index (χ2v) is 5.87. The summed E-state index contributed by atoms with van der Waals surface area (Å²) < 4.78 is 23.6. The van der Waals surface area contributed by atoms with Crippen molar-refractivity contribution in [2.45, 2.75) is 4.90 Å². The highest BCUT2D eigenvalue weighted by atomic mass is 35.5. The van der Waals surface area contributed by atoms with Gasteiger partial charge in [-0.15, -0.1) is 12.4 Å². The van der Waals surface area contributed by atoms with Gasteiger partial charge in [0.1, 0.15) is 0 Å². The summed E-state index contributed by atoms with van der Waals surface area (Å²) in [5.74, 6) is -0.545. The van der Waals surface area contributed by atoms with Crippen LogP contribution in [0, 0.1) is 0 Å². The molecule has 0 heterocycles. The van der Waals surface area contributed by atoms with Gasteiger partial charge in [0.25, 0.3) is 0 Å². The molecule has 8 heteroatoms. The number of hydrogen-bond acceptors (Lipinski definition) is 4. The number of benzene rings is 1. The van der Waals surface area contributed by atoms with Crippen LogP contribution in [0.15, 0.2) is 29.2 Å². The lowest BCUT2D eigenvalue weighted by Crippen LogP contribution is -2.33. The van der Waals surface area contributed by atoms with Gasteiger partial charge in [0.05, 0.1) is 17.2 Å². The molecule has 1 aromatic carbocycles. The molecule has 0 spiro atoms. The van der Waals surface area contributed by atoms with Gasteiger partial charge in [-0.2, -0.15) is 0 Å². The van der Waals surface area contributed by atoms with E-state index in [1.165, 1.54) is 24.3 Å². The minimum Gasteiger partial charge on any atom is -0.354 e. The quantitative estimate of drug-likeness (QED) is 0.833. The van der Waals surface area contributed by atoms with E-state index in [4.69, 9.17) is 17.3 Å². The summed E-state index contributed by atoms with van der Waals surface area (Å²) in [4.78, 5) is 11.0. The maximum atomic E-state index is 11.8. The molecule has 1 aromatic rings. The Bertz CT molecular complexity index is 488. The molecule has 18 heavy (non-hydrogen) atoms. The van der Waals surface area contributed by atoms with E-state index in [-0.39, 0.29) is 42.1 Å². The van der Waals surface area contributed by atoms with E-state index in [9.17, 15) is 13.2 Å². The molecule has 0 bridgehead atoms. The fourth-order valence-electron chi connectivity index (χ4n) is 1.16. The fourth-order valence-corrected chi connectivity index (χ4v) is 2.44. The van der Waals surface area contributed by atoms with Gasteiger partial charge in [-0.3, -0.25) is 4.79 Å². The highest BCUT2D eigenvalue weighted by Crippen LogP contribution is 2.14. The maximum absolute atomic E-state index is 11.8. The molecular formula is C10H14Cl2N2O3S. The largest absolute Gasteiger partial charge is 0.354 e. The standard InChI is InChI=1S/C10H13ClN2O3S.ClH/c11-8-1-3-9(4-2-8)17(15,16)6-5-13-10(14)7-12;/h1-4H,5-7,12H2,(H,13,14);1H. The summed E-state index contributed by atoms with van der Waals surface area (Å²) >= 11 is 5.66. The third-order valence-corrected chi connectivity index (χ3v) is 4.04. The molecule has 0 atom stereocenters. The third kappa shape index (κ3) is 5.22. The lowest BCUT2D eigenvalue weighted by Gasteiger charge is -2.05. The second-order valence-electron chi connectivity index (χ2n) is 3.33. The highest BCUT2D eigenvalue weighted by molar-refractivity contribution is 7.91. The van der Waals surface area contributed by atoms with Crippen LogP contribution in [0.25, 0.3) is 0 Å². The predicted octanol–water partition coefficient (Wildman–Crippen LogP) is 0.610. The number of halogens is 2. The van der Waals surface area contributed by atoms with E-state index in [1.807, 2.05) is 0 Å². The molecule has 0 radical (unpaired) electrons. The highest BCUT2D eigenvalue weighted by Gasteiger charge is 2.14. The van der Waals surface area contributed by atoms with E-state index in [1.54, 1.807) is 0 Å². The van der Waals surface area contributed by atoms with Crippen LogP contribution >= 0.6 is 24.0 Å². The zero-order valence-electron chi connectivity index (χ0n) is 9.43. The van der Waals surface area contributed by atoms with Crippen LogP contribution in [0.4, 0.5) is 0 Å². The van der Waals surface area contributed by atoms with E-state index >= 15 is 0 Å². The van der Waals surface area contributed by atoms with Crippen LogP contribution in [-0.4, -0.2) is 33.2 Å². The Morgan fingerprint density at radius 3 is 2.33 bits per heavy atom. The van der Waals surface area contributed by atoms with Gasteiger partial charge < -0.3 is 11.1 Å². The van der Waals surface area contributed by atoms with Gasteiger partial charge in [0.2, 0.25) is 5.91 Å². The Kier molecular flexibility index (Phi) is 7.23. The van der Waals surface area contributed by atoms with Gasteiger partial charge in [0.15, 0.2) is 9.84 Å². The molecule has 102 valence electrons. The number of rotatable bonds is 5. The summed E-state index contributed by atoms with van der Waals surface area (Å²) in [5, 5.41) is 2.87. The topological polar surface area (TPSA) is 89.3 Å². The molecule has 1 amide bonds. The van der Waals surface area contributed by atoms with Crippen LogP contribution < -0.4 is 11.1 Å². The van der Waals surface area contributed by atoms with E-state index in [2.05, 4.69) is 5.32 Å². The Morgan fingerprint density at radius 2 is 1.83 bits per heavy atom. The van der Waals surface area contributed by atoms with Crippen LogP contribution in [0.3, 0.4) is 0 Å². The van der Waals surface area contributed by atoms with E-state index in [0.29, 0.717) is 5.02 Å². The molecule has 3 N–H and O–H groups in total. The summed E-state index contributed by atoms with van der Waals surface area (Å²) in [7, 11) is -3.40. The minimum atomic E-state index is -3.40. The number of carbonyl (C=O) groups is 1. The van der Waals surface area contributed by atoms with Gasteiger partial charge in [-0.05, 0) is 24.3 Å². The molecule has 0 aliphatic rings. The fraction of sp³-hybridized carbons (Fsp3) is 0.300. The number of amides is 1. The second kappa shape index (κ2) is 7.58. The first kappa shape index (κ1) is 17.2. The van der Waals surface area contributed by atoms with E-state index < -0.39 is 9.84 Å². The molecule has 0 aliphatic carbocycles. The monoisotopic (exact) mass is 312 g/mol. The first-order chi connectivity index (χ1) is 7.95. The van der Waals surface area contributed by atoms with Gasteiger partial charge in [-0.1, -0.05) is 11.6 Å². The SMILES string of the molecule is Cl.NCC(=O)NCCS(=O)(=O)c1ccc(Cl)cc1. The molecule has 0 unspecified atom stereocenters. The summed E-state index contributed by atoms with van der Waals surface area (Å²) in [5.41, 5.74) is 5.07. The first-order valence-electron chi connectivity index (χ1n) is 4.91. The average molecular weight is 313 g/mol. The number of carbonyl (C=O) groups excluding carboxylic acids is 1. The zero-order valence-corrected chi connectivity index (χ0v) is 11.8. The Labute approximate surface area is 117 Å². The molecule has 0 fully saturated rings. The predicted molar refractivity (Wildman–Crippen MR) is 72.8 cm³/mol. The van der Waals surface area contributed by atoms with Gasteiger partial charge in [0, 0.05) is 11.6 Å². The molecule has 0 saturated carbocycles. The van der Waals surface area contributed by atoms with Crippen molar-refractivity contribution >= 4 is 39.8 Å². The molecule has 0 aromatic heterocycles. The summed E-state index contributed by atoms with van der Waals surface area (Å²) in [6, 6.07) is 5.88. The van der Waals surface area contributed by atoms with Crippen molar-refractivity contribution in [3.8, 4) is 0 Å². The van der Waals surface area contributed by atoms with Crippen LogP contribution in [0.5, 0.6) is 0 Å². The maximum Gasteiger partial charge on any atom is 0.233 e. The molecule has 5 nitrogen and oxygen atoms in total. The zero-order chi connectivity index (χ0) is 12.9. The Hall–Kier alpha value is -0.820. The summed E-state index contributed by atoms with van der Waals surface area (Å²) in [6.45, 7) is -0.109. The van der Waals surface area contributed by atoms with Crippen molar-refractivity contribution in [3.05, 3.63) is 29.3 Å². The first-order valence-corrected chi connectivity index (χ1v) is 6.94. The number of nitrogens with one attached hydrogen (secondary N) is 1. The van der Waals surface area contributed by atoms with Gasteiger partial charge in [-0.25, -0.2) is 8.42 Å². The van der Waals surface area contributed by atoms with Crippen molar-refractivity contribution in [1.29, 1.82) is 0 Å². The smallest absolute Gasteiger partial charge is 0.233 e. The average Bonchev–Trinajstić information content (AvgIpc) is 2.29. The molecule has 0 aliphatic heterocycles. The van der Waals surface area contributed by atoms with Crippen LogP contribution in [0.1, 0.15) is 0 Å². The normalized spacial score (nSPS) is 10.6. The molecular weight excluding hydrogens is 299 g/mol. The van der Waals surface area contributed by atoms with Crippen molar-refractivity contribution in [2.24, 2.45) is 5.73 Å². The lowest BCUT2D eigenvalue weighted by atomic mass is 10.4. The lowest BCUT2D eigenvalue weighted by molar-refractivity contribution is -0.119. The minimum absolute atomic E-state index is 0. The van der Waals surface area contributed by atoms with Crippen molar-refractivity contribution in [1.82, 2.24) is 5.32 Å². The summed E-state index contributed by atoms with van der Waals surface area (Å²) in [6.07, 6.45) is 0. The Balaban J connectivity index is 0.00000289. The third-order valence-electron chi connectivity index (χ3n) is 2.05. The van der Waals surface area contributed by atoms with Crippen molar-refractivity contribution < 1.29 is 13.2 Å². The number of hydrogen-bond donors (Lipinski definition) is 2. The molecule has 1 rings (SSSR count). The van der Waals surface area contributed by atoms with Gasteiger partial charge >= 0.3 is 0 Å². The number of sulfone groups is 1. The van der Waals surface area contributed by atoms with Crippen molar-refractivity contribution in [2.75, 3.05) is 18.8 Å². The Morgan fingerprint density at radius 1 is 1.28 bits per heavy atom. The van der Waals surface area contributed by atoms with Crippen LogP contribution in [-0.2, 0) is 14.6 Å². The molecule has 0 saturated heterocycles. The van der Waals surface area contributed by atoms with Crippen molar-refractivity contribution in [3.63, 3.8) is 0 Å².